The third-order valence-electron chi connectivity index (χ3n) is 3.19. The van der Waals surface area contributed by atoms with Crippen molar-refractivity contribution in [1.29, 1.82) is 0 Å². The van der Waals surface area contributed by atoms with E-state index in [1.54, 1.807) is 0 Å². The fraction of sp³-hybridized carbons (Fsp3) is 0.647. The molecule has 108 valence electrons. The third-order valence-corrected chi connectivity index (χ3v) is 3.19. The normalized spacial score (nSPS) is 13.8. The number of nitrogens with one attached hydrogen (secondary N) is 1. The van der Waals surface area contributed by atoms with Crippen LogP contribution in [0.1, 0.15) is 45.2 Å². The van der Waals surface area contributed by atoms with Crippen LogP contribution in [0.5, 0.6) is 0 Å². The Morgan fingerprint density at radius 2 is 1.74 bits per heavy atom. The Hall–Kier alpha value is -0.860. The summed E-state index contributed by atoms with van der Waals surface area (Å²) in [5.74, 6) is 0. The minimum atomic E-state index is 0.342. The molecule has 1 aromatic carbocycles. The van der Waals surface area contributed by atoms with Crippen LogP contribution in [0.25, 0.3) is 0 Å². The van der Waals surface area contributed by atoms with Gasteiger partial charge in [-0.05, 0) is 51.0 Å². The lowest BCUT2D eigenvalue weighted by atomic mass is 9.85. The van der Waals surface area contributed by atoms with Crippen LogP contribution in [-0.4, -0.2) is 32.1 Å². The molecule has 0 spiro atoms. The Bertz CT molecular complexity index is 338. The first-order chi connectivity index (χ1) is 8.88. The summed E-state index contributed by atoms with van der Waals surface area (Å²) in [4.78, 5) is 2.24. The number of benzene rings is 1. The first-order valence-electron chi connectivity index (χ1n) is 7.31. The highest BCUT2D eigenvalue weighted by molar-refractivity contribution is 5.19. The Kier molecular flexibility index (Phi) is 6.53. The summed E-state index contributed by atoms with van der Waals surface area (Å²) in [6.45, 7) is 9.15. The second-order valence-electron chi connectivity index (χ2n) is 6.84. The van der Waals surface area contributed by atoms with Crippen LogP contribution < -0.4 is 5.32 Å². The molecule has 0 aliphatic carbocycles. The van der Waals surface area contributed by atoms with Crippen molar-refractivity contribution in [3.8, 4) is 0 Å². The van der Waals surface area contributed by atoms with Crippen molar-refractivity contribution < 1.29 is 0 Å². The zero-order chi connectivity index (χ0) is 14.3. The fourth-order valence-electron chi connectivity index (χ4n) is 2.28. The van der Waals surface area contributed by atoms with E-state index in [1.165, 1.54) is 18.4 Å². The largest absolute Gasteiger partial charge is 0.310 e. The summed E-state index contributed by atoms with van der Waals surface area (Å²) >= 11 is 0. The van der Waals surface area contributed by atoms with Gasteiger partial charge in [-0.25, -0.2) is 0 Å². The summed E-state index contributed by atoms with van der Waals surface area (Å²) in [5, 5.41) is 3.72. The van der Waals surface area contributed by atoms with Crippen molar-refractivity contribution in [1.82, 2.24) is 10.2 Å². The highest BCUT2D eigenvalue weighted by Crippen LogP contribution is 2.29. The molecular formula is C17H30N2. The Balaban J connectivity index is 2.56. The van der Waals surface area contributed by atoms with Gasteiger partial charge in [0.2, 0.25) is 0 Å². The second-order valence-corrected chi connectivity index (χ2v) is 6.84. The standard InChI is InChI=1S/C17H30N2/c1-17(2,3)14-16(15-10-7-6-8-11-15)18-12-9-13-19(4)5/h6-8,10-11,16,18H,9,12-14H2,1-5H3. The topological polar surface area (TPSA) is 15.3 Å². The summed E-state index contributed by atoms with van der Waals surface area (Å²) < 4.78 is 0. The molecule has 1 N–H and O–H groups in total. The third kappa shape index (κ3) is 7.34. The molecule has 0 saturated heterocycles. The predicted octanol–water partition coefficient (Wildman–Crippen LogP) is 3.71. The molecule has 0 aliphatic rings. The lowest BCUT2D eigenvalue weighted by Crippen LogP contribution is -2.28. The molecule has 19 heavy (non-hydrogen) atoms. The molecule has 2 nitrogen and oxygen atoms in total. The molecule has 2 heteroatoms. The highest BCUT2D eigenvalue weighted by Gasteiger charge is 2.19. The number of hydrogen-bond acceptors (Lipinski definition) is 2. The van der Waals surface area contributed by atoms with Gasteiger partial charge in [0, 0.05) is 6.04 Å². The van der Waals surface area contributed by atoms with E-state index in [4.69, 9.17) is 0 Å². The van der Waals surface area contributed by atoms with Gasteiger partial charge >= 0.3 is 0 Å². The van der Waals surface area contributed by atoms with E-state index >= 15 is 0 Å². The zero-order valence-corrected chi connectivity index (χ0v) is 13.2. The summed E-state index contributed by atoms with van der Waals surface area (Å²) in [7, 11) is 4.26. The Morgan fingerprint density at radius 3 is 2.26 bits per heavy atom. The van der Waals surface area contributed by atoms with Crippen LogP contribution in [0.15, 0.2) is 30.3 Å². The minimum Gasteiger partial charge on any atom is -0.310 e. The van der Waals surface area contributed by atoms with Crippen LogP contribution in [-0.2, 0) is 0 Å². The Morgan fingerprint density at radius 1 is 1.11 bits per heavy atom. The van der Waals surface area contributed by atoms with Gasteiger partial charge in [-0.2, -0.15) is 0 Å². The maximum absolute atomic E-state index is 3.72. The molecule has 0 radical (unpaired) electrons. The van der Waals surface area contributed by atoms with E-state index in [2.05, 4.69) is 75.4 Å². The summed E-state index contributed by atoms with van der Waals surface area (Å²) in [6.07, 6.45) is 2.36. The van der Waals surface area contributed by atoms with Crippen LogP contribution in [0.3, 0.4) is 0 Å². The first-order valence-corrected chi connectivity index (χ1v) is 7.31. The predicted molar refractivity (Wildman–Crippen MR) is 84.4 cm³/mol. The van der Waals surface area contributed by atoms with Crippen molar-refractivity contribution >= 4 is 0 Å². The van der Waals surface area contributed by atoms with E-state index in [9.17, 15) is 0 Å². The van der Waals surface area contributed by atoms with E-state index < -0.39 is 0 Å². The molecule has 0 saturated carbocycles. The average molecular weight is 262 g/mol. The molecule has 0 heterocycles. The molecule has 1 rings (SSSR count). The molecule has 1 atom stereocenters. The van der Waals surface area contributed by atoms with Gasteiger partial charge in [0.15, 0.2) is 0 Å². The molecule has 0 fully saturated rings. The van der Waals surface area contributed by atoms with Gasteiger partial charge in [-0.1, -0.05) is 51.1 Å². The van der Waals surface area contributed by atoms with Gasteiger partial charge in [0.05, 0.1) is 0 Å². The van der Waals surface area contributed by atoms with Gasteiger partial charge < -0.3 is 10.2 Å². The van der Waals surface area contributed by atoms with Crippen molar-refractivity contribution in [2.24, 2.45) is 5.41 Å². The van der Waals surface area contributed by atoms with E-state index in [0.29, 0.717) is 11.5 Å². The summed E-state index contributed by atoms with van der Waals surface area (Å²) in [6, 6.07) is 11.3. The fourth-order valence-corrected chi connectivity index (χ4v) is 2.28. The van der Waals surface area contributed by atoms with Crippen LogP contribution in [0.4, 0.5) is 0 Å². The van der Waals surface area contributed by atoms with Crippen LogP contribution in [0.2, 0.25) is 0 Å². The van der Waals surface area contributed by atoms with Crippen molar-refractivity contribution in [3.05, 3.63) is 35.9 Å². The zero-order valence-electron chi connectivity index (χ0n) is 13.2. The molecule has 0 aromatic heterocycles. The van der Waals surface area contributed by atoms with Gasteiger partial charge in [-0.15, -0.1) is 0 Å². The lowest BCUT2D eigenvalue weighted by Gasteiger charge is -2.27. The molecule has 0 bridgehead atoms. The average Bonchev–Trinajstić information content (AvgIpc) is 2.32. The van der Waals surface area contributed by atoms with E-state index in [0.717, 1.165) is 13.1 Å². The monoisotopic (exact) mass is 262 g/mol. The molecule has 0 amide bonds. The van der Waals surface area contributed by atoms with Crippen LogP contribution in [0, 0.1) is 5.41 Å². The molecule has 1 unspecified atom stereocenters. The minimum absolute atomic E-state index is 0.342. The van der Waals surface area contributed by atoms with Crippen molar-refractivity contribution in [2.75, 3.05) is 27.2 Å². The molecular weight excluding hydrogens is 232 g/mol. The Labute approximate surface area is 119 Å². The van der Waals surface area contributed by atoms with Crippen molar-refractivity contribution in [2.45, 2.75) is 39.7 Å². The molecule has 1 aromatic rings. The summed E-state index contributed by atoms with van der Waals surface area (Å²) in [5.41, 5.74) is 1.75. The van der Waals surface area contributed by atoms with E-state index in [-0.39, 0.29) is 0 Å². The number of rotatable bonds is 7. The van der Waals surface area contributed by atoms with Crippen molar-refractivity contribution in [3.63, 3.8) is 0 Å². The highest BCUT2D eigenvalue weighted by atomic mass is 15.1. The smallest absolute Gasteiger partial charge is 0.0325 e. The molecule has 0 aliphatic heterocycles. The number of hydrogen-bond donors (Lipinski definition) is 1. The maximum Gasteiger partial charge on any atom is 0.0325 e. The second kappa shape index (κ2) is 7.66. The van der Waals surface area contributed by atoms with Gasteiger partial charge in [0.1, 0.15) is 0 Å². The first kappa shape index (κ1) is 16.2. The van der Waals surface area contributed by atoms with Gasteiger partial charge in [0.25, 0.3) is 0 Å². The maximum atomic E-state index is 3.72. The van der Waals surface area contributed by atoms with Crippen LogP contribution >= 0.6 is 0 Å². The van der Waals surface area contributed by atoms with E-state index in [1.807, 2.05) is 0 Å². The van der Waals surface area contributed by atoms with Gasteiger partial charge in [-0.3, -0.25) is 0 Å². The quantitative estimate of drug-likeness (QED) is 0.754. The number of nitrogens with zero attached hydrogens (tertiary/aromatic N) is 1. The lowest BCUT2D eigenvalue weighted by molar-refractivity contribution is 0.305. The SMILES string of the molecule is CN(C)CCCNC(CC(C)(C)C)c1ccccc1.